The number of rotatable bonds is 6. The van der Waals surface area contributed by atoms with Gasteiger partial charge in [-0.25, -0.2) is 0 Å². The van der Waals surface area contributed by atoms with Crippen LogP contribution in [0.1, 0.15) is 43.5 Å². The predicted octanol–water partition coefficient (Wildman–Crippen LogP) is 4.01. The van der Waals surface area contributed by atoms with Gasteiger partial charge >= 0.3 is 0 Å². The molecule has 1 aromatic heterocycles. The van der Waals surface area contributed by atoms with Crippen LogP contribution >= 0.6 is 0 Å². The SMILES string of the molecule is CCc1ccc(OC(c2ccc(C)o2)C(N)CC)cc1. The number of benzene rings is 1. The molecule has 3 heteroatoms. The van der Waals surface area contributed by atoms with Crippen LogP contribution in [0.3, 0.4) is 0 Å². The third-order valence-corrected chi connectivity index (χ3v) is 3.50. The van der Waals surface area contributed by atoms with Crippen molar-refractivity contribution in [2.45, 2.75) is 45.8 Å². The highest BCUT2D eigenvalue weighted by atomic mass is 16.5. The molecule has 0 amide bonds. The third kappa shape index (κ3) is 3.42. The van der Waals surface area contributed by atoms with Crippen molar-refractivity contribution >= 4 is 0 Å². The first-order valence-electron chi connectivity index (χ1n) is 7.21. The van der Waals surface area contributed by atoms with E-state index in [0.717, 1.165) is 30.1 Å². The lowest BCUT2D eigenvalue weighted by molar-refractivity contribution is 0.143. The summed E-state index contributed by atoms with van der Waals surface area (Å²) in [7, 11) is 0. The van der Waals surface area contributed by atoms with Crippen LogP contribution in [-0.2, 0) is 6.42 Å². The summed E-state index contributed by atoms with van der Waals surface area (Å²) < 4.78 is 11.7. The molecular formula is C17H23NO2. The Morgan fingerprint density at radius 2 is 1.80 bits per heavy atom. The van der Waals surface area contributed by atoms with Crippen molar-refractivity contribution in [1.29, 1.82) is 0 Å². The van der Waals surface area contributed by atoms with E-state index < -0.39 is 0 Å². The lowest BCUT2D eigenvalue weighted by Crippen LogP contribution is -2.31. The number of furan rings is 1. The fourth-order valence-electron chi connectivity index (χ4n) is 2.13. The lowest BCUT2D eigenvalue weighted by Gasteiger charge is -2.22. The molecule has 2 N–H and O–H groups in total. The molecule has 0 bridgehead atoms. The number of hydrogen-bond acceptors (Lipinski definition) is 3. The molecule has 20 heavy (non-hydrogen) atoms. The third-order valence-electron chi connectivity index (χ3n) is 3.50. The second-order valence-corrected chi connectivity index (χ2v) is 5.06. The Hall–Kier alpha value is -1.74. The van der Waals surface area contributed by atoms with Gasteiger partial charge in [-0.3, -0.25) is 0 Å². The van der Waals surface area contributed by atoms with Gasteiger partial charge in [0.1, 0.15) is 17.3 Å². The molecular weight excluding hydrogens is 250 g/mol. The van der Waals surface area contributed by atoms with E-state index in [2.05, 4.69) is 26.0 Å². The minimum atomic E-state index is -0.249. The first-order chi connectivity index (χ1) is 9.63. The maximum absolute atomic E-state index is 6.18. The molecule has 0 fully saturated rings. The van der Waals surface area contributed by atoms with Gasteiger partial charge in [-0.05, 0) is 49.6 Å². The van der Waals surface area contributed by atoms with Crippen LogP contribution < -0.4 is 10.5 Å². The van der Waals surface area contributed by atoms with Gasteiger partial charge in [0, 0.05) is 6.04 Å². The van der Waals surface area contributed by atoms with Crippen molar-refractivity contribution in [2.75, 3.05) is 0 Å². The Kier molecular flexibility index (Phi) is 4.85. The van der Waals surface area contributed by atoms with Crippen molar-refractivity contribution in [2.24, 2.45) is 5.73 Å². The normalized spacial score (nSPS) is 14.0. The van der Waals surface area contributed by atoms with Crippen LogP contribution in [0.15, 0.2) is 40.8 Å². The molecule has 1 heterocycles. The van der Waals surface area contributed by atoms with Crippen molar-refractivity contribution in [3.05, 3.63) is 53.5 Å². The zero-order valence-corrected chi connectivity index (χ0v) is 12.4. The molecule has 0 aliphatic rings. The molecule has 3 nitrogen and oxygen atoms in total. The Morgan fingerprint density at radius 1 is 1.10 bits per heavy atom. The van der Waals surface area contributed by atoms with E-state index in [1.54, 1.807) is 0 Å². The summed E-state index contributed by atoms with van der Waals surface area (Å²) in [6, 6.07) is 11.9. The number of ether oxygens (including phenoxy) is 1. The number of nitrogens with two attached hydrogens (primary N) is 1. The van der Waals surface area contributed by atoms with Crippen molar-refractivity contribution in [3.63, 3.8) is 0 Å². The van der Waals surface area contributed by atoms with E-state index >= 15 is 0 Å². The largest absolute Gasteiger partial charge is 0.481 e. The van der Waals surface area contributed by atoms with E-state index in [0.29, 0.717) is 0 Å². The fourth-order valence-corrected chi connectivity index (χ4v) is 2.13. The van der Waals surface area contributed by atoms with Gasteiger partial charge in [0.15, 0.2) is 6.10 Å². The molecule has 108 valence electrons. The van der Waals surface area contributed by atoms with Crippen molar-refractivity contribution < 1.29 is 9.15 Å². The zero-order valence-electron chi connectivity index (χ0n) is 12.4. The maximum Gasteiger partial charge on any atom is 0.171 e. The van der Waals surface area contributed by atoms with Crippen LogP contribution in [0.5, 0.6) is 5.75 Å². The topological polar surface area (TPSA) is 48.4 Å². The van der Waals surface area contributed by atoms with Crippen LogP contribution in [0.4, 0.5) is 0 Å². The quantitative estimate of drug-likeness (QED) is 0.865. The van der Waals surface area contributed by atoms with Gasteiger partial charge in [0.25, 0.3) is 0 Å². The predicted molar refractivity (Wildman–Crippen MR) is 80.9 cm³/mol. The van der Waals surface area contributed by atoms with Crippen LogP contribution in [-0.4, -0.2) is 6.04 Å². The van der Waals surface area contributed by atoms with Gasteiger partial charge in [-0.2, -0.15) is 0 Å². The molecule has 2 atom stereocenters. The average molecular weight is 273 g/mol. The van der Waals surface area contributed by atoms with Gasteiger partial charge in [-0.1, -0.05) is 26.0 Å². The Bertz CT molecular complexity index is 530. The standard InChI is InChI=1S/C17H23NO2/c1-4-13-7-9-14(10-8-13)20-17(15(18)5-2)16-11-6-12(3)19-16/h6-11,15,17H,4-5,18H2,1-3H3. The highest BCUT2D eigenvalue weighted by Gasteiger charge is 2.23. The van der Waals surface area contributed by atoms with E-state index in [-0.39, 0.29) is 12.1 Å². The second-order valence-electron chi connectivity index (χ2n) is 5.06. The maximum atomic E-state index is 6.18. The van der Waals surface area contributed by atoms with Crippen LogP contribution in [0.25, 0.3) is 0 Å². The summed E-state index contributed by atoms with van der Waals surface area (Å²) in [5.74, 6) is 2.49. The first-order valence-corrected chi connectivity index (χ1v) is 7.21. The summed E-state index contributed by atoms with van der Waals surface area (Å²) in [5.41, 5.74) is 7.47. The van der Waals surface area contributed by atoms with Crippen LogP contribution in [0, 0.1) is 6.92 Å². The Labute approximate surface area is 120 Å². The lowest BCUT2D eigenvalue weighted by atomic mass is 10.1. The first kappa shape index (κ1) is 14.7. The summed E-state index contributed by atoms with van der Waals surface area (Å²) in [5, 5.41) is 0. The molecule has 2 rings (SSSR count). The highest BCUT2D eigenvalue weighted by molar-refractivity contribution is 5.28. The van der Waals surface area contributed by atoms with Crippen molar-refractivity contribution in [1.82, 2.24) is 0 Å². The molecule has 2 unspecified atom stereocenters. The van der Waals surface area contributed by atoms with Crippen LogP contribution in [0.2, 0.25) is 0 Å². The molecule has 2 aromatic rings. The van der Waals surface area contributed by atoms with E-state index in [9.17, 15) is 0 Å². The van der Waals surface area contributed by atoms with Gasteiger partial charge in [0.05, 0.1) is 0 Å². The molecule has 0 saturated heterocycles. The molecule has 1 aromatic carbocycles. The van der Waals surface area contributed by atoms with E-state index in [4.69, 9.17) is 14.9 Å². The monoisotopic (exact) mass is 273 g/mol. The van der Waals surface area contributed by atoms with Crippen molar-refractivity contribution in [3.8, 4) is 5.75 Å². The molecule has 0 saturated carbocycles. The highest BCUT2D eigenvalue weighted by Crippen LogP contribution is 2.27. The minimum Gasteiger partial charge on any atom is -0.481 e. The number of hydrogen-bond donors (Lipinski definition) is 1. The summed E-state index contributed by atoms with van der Waals surface area (Å²) >= 11 is 0. The fraction of sp³-hybridized carbons (Fsp3) is 0.412. The smallest absolute Gasteiger partial charge is 0.171 e. The molecule has 0 aliphatic carbocycles. The molecule has 0 aliphatic heterocycles. The summed E-state index contributed by atoms with van der Waals surface area (Å²) in [4.78, 5) is 0. The van der Waals surface area contributed by atoms with E-state index in [1.165, 1.54) is 5.56 Å². The second kappa shape index (κ2) is 6.62. The Balaban J connectivity index is 2.18. The van der Waals surface area contributed by atoms with Gasteiger partial charge < -0.3 is 14.9 Å². The summed E-state index contributed by atoms with van der Waals surface area (Å²) in [6.07, 6.45) is 1.61. The van der Waals surface area contributed by atoms with Gasteiger partial charge in [0.2, 0.25) is 0 Å². The zero-order chi connectivity index (χ0) is 14.5. The summed E-state index contributed by atoms with van der Waals surface area (Å²) in [6.45, 7) is 6.11. The average Bonchev–Trinajstić information content (AvgIpc) is 2.91. The minimum absolute atomic E-state index is 0.0913. The van der Waals surface area contributed by atoms with Gasteiger partial charge in [-0.15, -0.1) is 0 Å². The Morgan fingerprint density at radius 3 is 2.30 bits per heavy atom. The molecule has 0 spiro atoms. The number of aryl methyl sites for hydroxylation is 2. The van der Waals surface area contributed by atoms with E-state index in [1.807, 2.05) is 31.2 Å². The molecule has 0 radical (unpaired) electrons.